The standard InChI is InChI=1S/C14H14O2S/c1-8-4-5-11(6-9(8)2)13-10(3)17-7-12(13)14(15)16/h4-7H,1-3H3,(H,15,16). The van der Waals surface area contributed by atoms with Crippen molar-refractivity contribution in [2.24, 2.45) is 0 Å². The van der Waals surface area contributed by atoms with E-state index < -0.39 is 5.97 Å². The SMILES string of the molecule is Cc1ccc(-c2c(C(=O)O)csc2C)cc1C. The zero-order valence-corrected chi connectivity index (χ0v) is 10.9. The summed E-state index contributed by atoms with van der Waals surface area (Å²) in [6, 6.07) is 6.08. The lowest BCUT2D eigenvalue weighted by molar-refractivity contribution is 0.0698. The zero-order chi connectivity index (χ0) is 12.6. The van der Waals surface area contributed by atoms with Gasteiger partial charge in [-0.05, 0) is 37.5 Å². The molecule has 0 saturated heterocycles. The van der Waals surface area contributed by atoms with E-state index in [1.807, 2.05) is 26.0 Å². The summed E-state index contributed by atoms with van der Waals surface area (Å²) in [7, 11) is 0. The second kappa shape index (κ2) is 4.34. The summed E-state index contributed by atoms with van der Waals surface area (Å²) in [4.78, 5) is 12.2. The van der Waals surface area contributed by atoms with Gasteiger partial charge in [-0.25, -0.2) is 4.79 Å². The van der Waals surface area contributed by atoms with Crippen LogP contribution in [0, 0.1) is 20.8 Å². The van der Waals surface area contributed by atoms with E-state index in [0.29, 0.717) is 5.56 Å². The number of rotatable bonds is 2. The molecular formula is C14H14O2S. The molecular weight excluding hydrogens is 232 g/mol. The Hall–Kier alpha value is -1.61. The highest BCUT2D eigenvalue weighted by Crippen LogP contribution is 2.33. The van der Waals surface area contributed by atoms with Gasteiger partial charge in [0.1, 0.15) is 0 Å². The van der Waals surface area contributed by atoms with Crippen LogP contribution in [0.25, 0.3) is 11.1 Å². The predicted octanol–water partition coefficient (Wildman–Crippen LogP) is 4.04. The molecule has 0 unspecified atom stereocenters. The van der Waals surface area contributed by atoms with Crippen molar-refractivity contribution in [3.05, 3.63) is 45.1 Å². The van der Waals surface area contributed by atoms with Gasteiger partial charge in [0, 0.05) is 15.8 Å². The molecule has 1 heterocycles. The van der Waals surface area contributed by atoms with Crippen LogP contribution in [-0.4, -0.2) is 11.1 Å². The fraction of sp³-hybridized carbons (Fsp3) is 0.214. The van der Waals surface area contributed by atoms with Gasteiger partial charge in [0.05, 0.1) is 5.56 Å². The summed E-state index contributed by atoms with van der Waals surface area (Å²) in [5.41, 5.74) is 4.65. The fourth-order valence-electron chi connectivity index (χ4n) is 1.87. The minimum atomic E-state index is -0.859. The zero-order valence-electron chi connectivity index (χ0n) is 10.1. The number of aromatic carboxylic acids is 1. The highest BCUT2D eigenvalue weighted by atomic mass is 32.1. The number of carboxylic acid groups (broad SMARTS) is 1. The molecule has 2 nitrogen and oxygen atoms in total. The average molecular weight is 246 g/mol. The molecule has 0 saturated carbocycles. The maximum atomic E-state index is 11.2. The van der Waals surface area contributed by atoms with E-state index in [1.165, 1.54) is 22.5 Å². The quantitative estimate of drug-likeness (QED) is 0.868. The normalized spacial score (nSPS) is 10.5. The molecule has 1 N–H and O–H groups in total. The number of carbonyl (C=O) groups is 1. The van der Waals surface area contributed by atoms with Gasteiger partial charge in [0.2, 0.25) is 0 Å². The highest BCUT2D eigenvalue weighted by molar-refractivity contribution is 7.10. The second-order valence-corrected chi connectivity index (χ2v) is 5.27. The van der Waals surface area contributed by atoms with Crippen LogP contribution in [0.1, 0.15) is 26.4 Å². The Kier molecular flexibility index (Phi) is 3.03. The Morgan fingerprint density at radius 2 is 1.88 bits per heavy atom. The summed E-state index contributed by atoms with van der Waals surface area (Å²) >= 11 is 1.48. The van der Waals surface area contributed by atoms with Gasteiger partial charge in [-0.3, -0.25) is 0 Å². The van der Waals surface area contributed by atoms with E-state index >= 15 is 0 Å². The van der Waals surface area contributed by atoms with Gasteiger partial charge < -0.3 is 5.11 Å². The molecule has 0 amide bonds. The Labute approximate surface area is 105 Å². The van der Waals surface area contributed by atoms with Crippen LogP contribution in [-0.2, 0) is 0 Å². The van der Waals surface area contributed by atoms with Crippen molar-refractivity contribution < 1.29 is 9.90 Å². The third-order valence-electron chi connectivity index (χ3n) is 3.00. The van der Waals surface area contributed by atoms with Crippen molar-refractivity contribution in [1.82, 2.24) is 0 Å². The van der Waals surface area contributed by atoms with Crippen LogP contribution in [0.5, 0.6) is 0 Å². The Balaban J connectivity index is 2.63. The number of hydrogen-bond acceptors (Lipinski definition) is 2. The number of aryl methyl sites for hydroxylation is 3. The summed E-state index contributed by atoms with van der Waals surface area (Å²) in [5, 5.41) is 10.9. The van der Waals surface area contributed by atoms with Crippen molar-refractivity contribution in [1.29, 1.82) is 0 Å². The van der Waals surface area contributed by atoms with Crippen molar-refractivity contribution in [2.45, 2.75) is 20.8 Å². The topological polar surface area (TPSA) is 37.3 Å². The molecule has 1 aromatic carbocycles. The van der Waals surface area contributed by atoms with Gasteiger partial charge >= 0.3 is 5.97 Å². The Morgan fingerprint density at radius 1 is 1.18 bits per heavy atom. The largest absolute Gasteiger partial charge is 0.478 e. The van der Waals surface area contributed by atoms with Crippen molar-refractivity contribution in [3.8, 4) is 11.1 Å². The van der Waals surface area contributed by atoms with Crippen LogP contribution in [0.15, 0.2) is 23.6 Å². The third-order valence-corrected chi connectivity index (χ3v) is 3.91. The molecule has 0 spiro atoms. The van der Waals surface area contributed by atoms with Gasteiger partial charge in [-0.15, -0.1) is 11.3 Å². The van der Waals surface area contributed by atoms with Crippen molar-refractivity contribution >= 4 is 17.3 Å². The molecule has 0 fully saturated rings. The first-order valence-corrected chi connectivity index (χ1v) is 6.27. The van der Waals surface area contributed by atoms with Crippen molar-refractivity contribution in [2.75, 3.05) is 0 Å². The monoisotopic (exact) mass is 246 g/mol. The first-order chi connectivity index (χ1) is 8.00. The number of carboxylic acids is 1. The molecule has 0 atom stereocenters. The highest BCUT2D eigenvalue weighted by Gasteiger charge is 2.16. The molecule has 0 aliphatic carbocycles. The molecule has 0 aliphatic heterocycles. The summed E-state index contributed by atoms with van der Waals surface area (Å²) in [6.07, 6.45) is 0. The molecule has 0 bridgehead atoms. The number of hydrogen-bond donors (Lipinski definition) is 1. The molecule has 2 rings (SSSR count). The van der Waals surface area contributed by atoms with E-state index in [2.05, 4.69) is 13.0 Å². The maximum Gasteiger partial charge on any atom is 0.337 e. The van der Waals surface area contributed by atoms with Crippen LogP contribution < -0.4 is 0 Å². The number of thiophene rings is 1. The summed E-state index contributed by atoms with van der Waals surface area (Å²) in [6.45, 7) is 6.06. The molecule has 0 aliphatic rings. The second-order valence-electron chi connectivity index (χ2n) is 4.18. The Bertz CT molecular complexity index is 582. The lowest BCUT2D eigenvalue weighted by Crippen LogP contribution is -1.97. The summed E-state index contributed by atoms with van der Waals surface area (Å²) in [5.74, 6) is -0.859. The van der Waals surface area contributed by atoms with E-state index in [1.54, 1.807) is 5.38 Å². The molecule has 17 heavy (non-hydrogen) atoms. The smallest absolute Gasteiger partial charge is 0.337 e. The minimum Gasteiger partial charge on any atom is -0.478 e. The molecule has 88 valence electrons. The van der Waals surface area contributed by atoms with Crippen LogP contribution >= 0.6 is 11.3 Å². The molecule has 0 radical (unpaired) electrons. The molecule has 1 aromatic heterocycles. The first-order valence-electron chi connectivity index (χ1n) is 5.39. The molecule has 2 aromatic rings. The van der Waals surface area contributed by atoms with Crippen LogP contribution in [0.4, 0.5) is 0 Å². The van der Waals surface area contributed by atoms with E-state index in [9.17, 15) is 9.90 Å². The van der Waals surface area contributed by atoms with E-state index in [-0.39, 0.29) is 0 Å². The predicted molar refractivity (Wildman–Crippen MR) is 70.9 cm³/mol. The van der Waals surface area contributed by atoms with E-state index in [4.69, 9.17) is 0 Å². The molecule has 3 heteroatoms. The van der Waals surface area contributed by atoms with Gasteiger partial charge in [0.25, 0.3) is 0 Å². The summed E-state index contributed by atoms with van der Waals surface area (Å²) < 4.78 is 0. The number of benzene rings is 1. The lowest BCUT2D eigenvalue weighted by atomic mass is 9.98. The average Bonchev–Trinajstić information content (AvgIpc) is 2.64. The Morgan fingerprint density at radius 3 is 2.47 bits per heavy atom. The maximum absolute atomic E-state index is 11.2. The van der Waals surface area contributed by atoms with Gasteiger partial charge in [-0.1, -0.05) is 18.2 Å². The first kappa shape index (κ1) is 11.9. The lowest BCUT2D eigenvalue weighted by Gasteiger charge is -2.06. The minimum absolute atomic E-state index is 0.399. The van der Waals surface area contributed by atoms with Gasteiger partial charge in [0.15, 0.2) is 0 Å². The van der Waals surface area contributed by atoms with E-state index in [0.717, 1.165) is 16.0 Å². The van der Waals surface area contributed by atoms with Gasteiger partial charge in [-0.2, -0.15) is 0 Å². The van der Waals surface area contributed by atoms with Crippen molar-refractivity contribution in [3.63, 3.8) is 0 Å². The van der Waals surface area contributed by atoms with Crippen LogP contribution in [0.3, 0.4) is 0 Å². The fourth-order valence-corrected chi connectivity index (χ4v) is 2.73. The van der Waals surface area contributed by atoms with Crippen LogP contribution in [0.2, 0.25) is 0 Å². The third kappa shape index (κ3) is 2.11.